The summed E-state index contributed by atoms with van der Waals surface area (Å²) in [5, 5.41) is 2.86. The number of amides is 1. The molecule has 22 heavy (non-hydrogen) atoms. The summed E-state index contributed by atoms with van der Waals surface area (Å²) in [6, 6.07) is 6.27. The van der Waals surface area contributed by atoms with Crippen LogP contribution in [-0.2, 0) is 14.8 Å². The van der Waals surface area contributed by atoms with E-state index >= 15 is 0 Å². The molecule has 0 bridgehead atoms. The van der Waals surface area contributed by atoms with Crippen LogP contribution in [0, 0.1) is 0 Å². The Morgan fingerprint density at radius 2 is 1.91 bits per heavy atom. The third-order valence-corrected chi connectivity index (χ3v) is 6.47. The lowest BCUT2D eigenvalue weighted by molar-refractivity contribution is -0.917. The van der Waals surface area contributed by atoms with Gasteiger partial charge in [-0.3, -0.25) is 4.79 Å². The topological polar surface area (TPSA) is 70.9 Å². The van der Waals surface area contributed by atoms with Crippen LogP contribution in [-0.4, -0.2) is 57.9 Å². The molecule has 0 aromatic heterocycles. The smallest absolute Gasteiger partial charge is 0.277 e. The zero-order chi connectivity index (χ0) is 16.3. The number of hydrogen-bond donors (Lipinski definition) is 2. The van der Waals surface area contributed by atoms with Gasteiger partial charge in [-0.2, -0.15) is 4.31 Å². The third-order valence-electron chi connectivity index (χ3n) is 4.07. The molecule has 0 unspecified atom stereocenters. The van der Waals surface area contributed by atoms with E-state index in [2.05, 4.69) is 5.32 Å². The van der Waals surface area contributed by atoms with E-state index in [1.54, 1.807) is 25.2 Å². The molecule has 1 amide bonds. The van der Waals surface area contributed by atoms with Crippen LogP contribution < -0.4 is 10.2 Å². The number of nitrogens with one attached hydrogen (secondary N) is 2. The number of quaternary nitrogens is 1. The highest BCUT2D eigenvalue weighted by atomic mass is 35.5. The number of carbonyl (C=O) groups excluding carboxylic acids is 1. The number of piperazine rings is 1. The predicted octanol–water partition coefficient (Wildman–Crippen LogP) is -0.636. The number of rotatable bonds is 4. The SMILES string of the molecule is CNC(=O)[C@H](C)[NH+]1CCN(S(=O)(=O)c2ccccc2Cl)CC1. The molecule has 2 rings (SSSR count). The summed E-state index contributed by atoms with van der Waals surface area (Å²) in [6.45, 7) is 3.80. The number of benzene rings is 1. The van der Waals surface area contributed by atoms with Crippen molar-refractivity contribution in [2.75, 3.05) is 33.2 Å². The fourth-order valence-corrected chi connectivity index (χ4v) is 4.58. The van der Waals surface area contributed by atoms with E-state index in [9.17, 15) is 13.2 Å². The van der Waals surface area contributed by atoms with Gasteiger partial charge in [0.25, 0.3) is 5.91 Å². The molecule has 1 atom stereocenters. The molecule has 1 aliphatic heterocycles. The second-order valence-corrected chi connectivity index (χ2v) is 7.64. The molecule has 2 N–H and O–H groups in total. The van der Waals surface area contributed by atoms with Crippen LogP contribution in [0.5, 0.6) is 0 Å². The van der Waals surface area contributed by atoms with Crippen LogP contribution >= 0.6 is 11.6 Å². The minimum Gasteiger partial charge on any atom is -0.354 e. The molecule has 122 valence electrons. The monoisotopic (exact) mass is 346 g/mol. The van der Waals surface area contributed by atoms with Gasteiger partial charge < -0.3 is 10.2 Å². The van der Waals surface area contributed by atoms with E-state index in [0.29, 0.717) is 26.2 Å². The highest BCUT2D eigenvalue weighted by molar-refractivity contribution is 7.89. The molecule has 0 spiro atoms. The Hall–Kier alpha value is -1.15. The van der Waals surface area contributed by atoms with Crippen molar-refractivity contribution in [2.45, 2.75) is 17.9 Å². The predicted molar refractivity (Wildman–Crippen MR) is 84.4 cm³/mol. The van der Waals surface area contributed by atoms with Gasteiger partial charge in [0.15, 0.2) is 6.04 Å². The first-order valence-electron chi connectivity index (χ1n) is 7.18. The molecular weight excluding hydrogens is 326 g/mol. The van der Waals surface area contributed by atoms with Crippen LogP contribution in [0.4, 0.5) is 0 Å². The van der Waals surface area contributed by atoms with E-state index in [1.165, 1.54) is 10.4 Å². The number of hydrogen-bond acceptors (Lipinski definition) is 3. The van der Waals surface area contributed by atoms with Gasteiger partial charge in [-0.05, 0) is 19.1 Å². The van der Waals surface area contributed by atoms with E-state index in [0.717, 1.165) is 4.90 Å². The number of likely N-dealkylation sites (N-methyl/N-ethyl adjacent to an activating group) is 1. The van der Waals surface area contributed by atoms with Crippen molar-refractivity contribution < 1.29 is 18.1 Å². The third kappa shape index (κ3) is 3.43. The Labute approximate surface area is 136 Å². The standard InChI is InChI=1S/C14H20ClN3O3S/c1-11(14(19)16-2)17-7-9-18(10-8-17)22(20,21)13-6-4-3-5-12(13)15/h3-6,11H,7-10H2,1-2H3,(H,16,19)/p+1/t11-/m0/s1. The first kappa shape index (κ1) is 17.2. The van der Waals surface area contributed by atoms with E-state index in [1.807, 2.05) is 6.92 Å². The summed E-state index contributed by atoms with van der Waals surface area (Å²) >= 11 is 6.00. The van der Waals surface area contributed by atoms with Crippen LogP contribution in [0.15, 0.2) is 29.2 Å². The minimum absolute atomic E-state index is 0.0302. The number of nitrogens with zero attached hydrogens (tertiary/aromatic N) is 1. The summed E-state index contributed by atoms with van der Waals surface area (Å²) in [6.07, 6.45) is 0. The van der Waals surface area contributed by atoms with Crippen molar-refractivity contribution in [3.05, 3.63) is 29.3 Å². The summed E-state index contributed by atoms with van der Waals surface area (Å²) in [5.41, 5.74) is 0. The largest absolute Gasteiger partial charge is 0.354 e. The van der Waals surface area contributed by atoms with Gasteiger partial charge in [-0.1, -0.05) is 23.7 Å². The fraction of sp³-hybridized carbons (Fsp3) is 0.500. The normalized spacial score (nSPS) is 18.9. The minimum atomic E-state index is -3.58. The lowest BCUT2D eigenvalue weighted by Gasteiger charge is -2.34. The first-order valence-corrected chi connectivity index (χ1v) is 9.00. The van der Waals surface area contributed by atoms with Crippen molar-refractivity contribution in [3.8, 4) is 0 Å². The second kappa shape index (κ2) is 6.95. The number of halogens is 1. The van der Waals surface area contributed by atoms with Crippen molar-refractivity contribution >= 4 is 27.5 Å². The molecular formula is C14H21ClN3O3S+. The molecule has 0 radical (unpaired) electrons. The van der Waals surface area contributed by atoms with Gasteiger partial charge in [0.05, 0.1) is 31.2 Å². The summed E-state index contributed by atoms with van der Waals surface area (Å²) in [5.74, 6) is -0.0302. The lowest BCUT2D eigenvalue weighted by atomic mass is 10.2. The van der Waals surface area contributed by atoms with Crippen LogP contribution in [0.2, 0.25) is 5.02 Å². The highest BCUT2D eigenvalue weighted by Gasteiger charge is 2.34. The maximum Gasteiger partial charge on any atom is 0.277 e. The van der Waals surface area contributed by atoms with Gasteiger partial charge in [0.1, 0.15) is 4.90 Å². The molecule has 1 saturated heterocycles. The summed E-state index contributed by atoms with van der Waals surface area (Å²) < 4.78 is 26.7. The second-order valence-electron chi connectivity index (χ2n) is 5.33. The molecule has 6 nitrogen and oxygen atoms in total. The lowest BCUT2D eigenvalue weighted by Crippen LogP contribution is -3.19. The first-order chi connectivity index (χ1) is 10.4. The van der Waals surface area contributed by atoms with Crippen molar-refractivity contribution in [1.29, 1.82) is 0 Å². The van der Waals surface area contributed by atoms with Gasteiger partial charge in [0, 0.05) is 7.05 Å². The quantitative estimate of drug-likeness (QED) is 0.762. The fourth-order valence-electron chi connectivity index (χ4n) is 2.64. The number of carbonyl (C=O) groups is 1. The zero-order valence-electron chi connectivity index (χ0n) is 12.7. The Bertz CT molecular complexity index is 642. The Balaban J connectivity index is 2.08. The summed E-state index contributed by atoms with van der Waals surface area (Å²) in [7, 11) is -1.97. The molecule has 1 aliphatic rings. The van der Waals surface area contributed by atoms with Crippen LogP contribution in [0.25, 0.3) is 0 Å². The average Bonchev–Trinajstić information content (AvgIpc) is 2.53. The Kier molecular flexibility index (Phi) is 5.44. The molecule has 1 aromatic rings. The van der Waals surface area contributed by atoms with Crippen LogP contribution in [0.3, 0.4) is 0 Å². The number of sulfonamides is 1. The maximum absolute atomic E-state index is 12.6. The van der Waals surface area contributed by atoms with Gasteiger partial charge in [-0.25, -0.2) is 8.42 Å². The van der Waals surface area contributed by atoms with Crippen LogP contribution in [0.1, 0.15) is 6.92 Å². The average molecular weight is 347 g/mol. The molecule has 0 aliphatic carbocycles. The van der Waals surface area contributed by atoms with Crippen molar-refractivity contribution in [3.63, 3.8) is 0 Å². The molecule has 8 heteroatoms. The molecule has 1 heterocycles. The van der Waals surface area contributed by atoms with E-state index in [-0.39, 0.29) is 21.9 Å². The van der Waals surface area contributed by atoms with Gasteiger partial charge in [0.2, 0.25) is 10.0 Å². The zero-order valence-corrected chi connectivity index (χ0v) is 14.2. The van der Waals surface area contributed by atoms with E-state index < -0.39 is 10.0 Å². The molecule has 1 aromatic carbocycles. The Morgan fingerprint density at radius 3 is 2.45 bits per heavy atom. The maximum atomic E-state index is 12.6. The van der Waals surface area contributed by atoms with Crippen molar-refractivity contribution in [2.24, 2.45) is 0 Å². The molecule has 0 saturated carbocycles. The Morgan fingerprint density at radius 1 is 1.32 bits per heavy atom. The van der Waals surface area contributed by atoms with Gasteiger partial charge >= 0.3 is 0 Å². The van der Waals surface area contributed by atoms with E-state index in [4.69, 9.17) is 11.6 Å². The molecule has 1 fully saturated rings. The summed E-state index contributed by atoms with van der Waals surface area (Å²) in [4.78, 5) is 12.9. The highest BCUT2D eigenvalue weighted by Crippen LogP contribution is 2.23. The van der Waals surface area contributed by atoms with Gasteiger partial charge in [-0.15, -0.1) is 0 Å². The van der Waals surface area contributed by atoms with Crippen molar-refractivity contribution in [1.82, 2.24) is 9.62 Å².